The van der Waals surface area contributed by atoms with Gasteiger partial charge in [0, 0.05) is 24.6 Å². The van der Waals surface area contributed by atoms with E-state index in [-0.39, 0.29) is 23.5 Å². The lowest BCUT2D eigenvalue weighted by Crippen LogP contribution is -2.19. The van der Waals surface area contributed by atoms with Crippen LogP contribution in [0.1, 0.15) is 19.3 Å². The quantitative estimate of drug-likeness (QED) is 0.690. The summed E-state index contributed by atoms with van der Waals surface area (Å²) >= 11 is 0. The molecule has 0 aromatic carbocycles. The van der Waals surface area contributed by atoms with E-state index in [1.165, 1.54) is 6.26 Å². The van der Waals surface area contributed by atoms with Gasteiger partial charge in [-0.2, -0.15) is 0 Å². The fraction of sp³-hybridized carbons (Fsp3) is 0.700. The Morgan fingerprint density at radius 3 is 2.60 bits per heavy atom. The topological polar surface area (TPSA) is 77.2 Å². The molecule has 2 atom stereocenters. The Kier molecular flexibility index (Phi) is 4.04. The summed E-state index contributed by atoms with van der Waals surface area (Å²) in [4.78, 5) is 11.6. The lowest BCUT2D eigenvalue weighted by Gasteiger charge is -2.07. The van der Waals surface area contributed by atoms with E-state index in [1.54, 1.807) is 0 Å². The molecule has 1 aliphatic rings. The zero-order valence-electron chi connectivity index (χ0n) is 8.85. The van der Waals surface area contributed by atoms with E-state index < -0.39 is 9.84 Å². The lowest BCUT2D eigenvalue weighted by molar-refractivity contribution is -0.121. The number of carbonyl (C=O) groups excluding carboxylic acids is 1. The summed E-state index contributed by atoms with van der Waals surface area (Å²) in [5.41, 5.74) is 5.63. The van der Waals surface area contributed by atoms with Gasteiger partial charge in [0.2, 0.25) is 0 Å². The van der Waals surface area contributed by atoms with Gasteiger partial charge in [-0.3, -0.25) is 4.79 Å². The van der Waals surface area contributed by atoms with Gasteiger partial charge >= 0.3 is 0 Å². The maximum atomic E-state index is 11.6. The number of Topliss-reactive ketones (excluding diaryl/α,β-unsaturated/α-hetero) is 1. The van der Waals surface area contributed by atoms with Crippen molar-refractivity contribution in [1.29, 1.82) is 0 Å². The Hall–Kier alpha value is -0.680. The molecule has 0 aliphatic heterocycles. The van der Waals surface area contributed by atoms with E-state index in [2.05, 4.69) is 0 Å². The molecule has 2 N–H and O–H groups in total. The van der Waals surface area contributed by atoms with Crippen molar-refractivity contribution in [3.05, 3.63) is 12.2 Å². The highest BCUT2D eigenvalue weighted by Gasteiger charge is 2.22. The van der Waals surface area contributed by atoms with Crippen molar-refractivity contribution in [1.82, 2.24) is 0 Å². The fourth-order valence-corrected chi connectivity index (χ4v) is 2.33. The summed E-state index contributed by atoms with van der Waals surface area (Å²) in [5, 5.41) is 0. The van der Waals surface area contributed by atoms with Crippen LogP contribution in [0.3, 0.4) is 0 Å². The highest BCUT2D eigenvalue weighted by Crippen LogP contribution is 2.19. The molecule has 2 unspecified atom stereocenters. The molecular formula is C10H17NO3S. The van der Waals surface area contributed by atoms with Crippen molar-refractivity contribution in [2.75, 3.05) is 12.0 Å². The molecular weight excluding hydrogens is 214 g/mol. The molecule has 0 aromatic rings. The highest BCUT2D eigenvalue weighted by molar-refractivity contribution is 7.90. The first-order valence-corrected chi connectivity index (χ1v) is 7.09. The van der Waals surface area contributed by atoms with Crippen LogP contribution in [0.4, 0.5) is 0 Å². The largest absolute Gasteiger partial charge is 0.324 e. The molecule has 86 valence electrons. The molecule has 0 amide bonds. The molecule has 1 rings (SSSR count). The SMILES string of the molecule is CS(=O)(=O)CCCC(=O)C1C=CC(N)C1. The molecule has 0 spiro atoms. The molecule has 1 aliphatic carbocycles. The molecule has 15 heavy (non-hydrogen) atoms. The summed E-state index contributed by atoms with van der Waals surface area (Å²) in [6.45, 7) is 0. The van der Waals surface area contributed by atoms with Crippen molar-refractivity contribution in [2.24, 2.45) is 11.7 Å². The molecule has 0 radical (unpaired) electrons. The second-order valence-electron chi connectivity index (χ2n) is 4.09. The van der Waals surface area contributed by atoms with Crippen LogP contribution in [-0.4, -0.2) is 32.3 Å². The summed E-state index contributed by atoms with van der Waals surface area (Å²) < 4.78 is 21.7. The normalized spacial score (nSPS) is 25.7. The molecule has 0 bridgehead atoms. The second-order valence-corrected chi connectivity index (χ2v) is 6.35. The van der Waals surface area contributed by atoms with Crippen LogP contribution in [0.15, 0.2) is 12.2 Å². The van der Waals surface area contributed by atoms with Gasteiger partial charge < -0.3 is 5.73 Å². The Labute approximate surface area is 90.5 Å². The second kappa shape index (κ2) is 4.90. The van der Waals surface area contributed by atoms with Crippen LogP contribution in [0, 0.1) is 5.92 Å². The van der Waals surface area contributed by atoms with Crippen LogP contribution in [0.5, 0.6) is 0 Å². The van der Waals surface area contributed by atoms with Gasteiger partial charge in [0.15, 0.2) is 0 Å². The van der Waals surface area contributed by atoms with Crippen LogP contribution >= 0.6 is 0 Å². The maximum Gasteiger partial charge on any atom is 0.147 e. The van der Waals surface area contributed by atoms with Crippen molar-refractivity contribution in [3.63, 3.8) is 0 Å². The summed E-state index contributed by atoms with van der Waals surface area (Å²) in [6.07, 6.45) is 6.25. The van der Waals surface area contributed by atoms with Crippen molar-refractivity contribution >= 4 is 15.6 Å². The van der Waals surface area contributed by atoms with E-state index in [0.717, 1.165) is 0 Å². The molecule has 0 heterocycles. The summed E-state index contributed by atoms with van der Waals surface area (Å²) in [7, 11) is -2.95. The van der Waals surface area contributed by atoms with Gasteiger partial charge in [-0.25, -0.2) is 8.42 Å². The Morgan fingerprint density at radius 1 is 1.47 bits per heavy atom. The van der Waals surface area contributed by atoms with E-state index in [4.69, 9.17) is 5.73 Å². The molecule has 0 fully saturated rings. The van der Waals surface area contributed by atoms with E-state index in [9.17, 15) is 13.2 Å². The minimum absolute atomic E-state index is 0.0196. The number of ketones is 1. The summed E-state index contributed by atoms with van der Waals surface area (Å²) in [6, 6.07) is -0.0196. The Morgan fingerprint density at radius 2 is 2.13 bits per heavy atom. The average Bonchev–Trinajstić information content (AvgIpc) is 2.49. The highest BCUT2D eigenvalue weighted by atomic mass is 32.2. The number of rotatable bonds is 5. The van der Waals surface area contributed by atoms with Gasteiger partial charge in [-0.05, 0) is 12.8 Å². The van der Waals surface area contributed by atoms with E-state index >= 15 is 0 Å². The van der Waals surface area contributed by atoms with E-state index in [1.807, 2.05) is 12.2 Å². The molecule has 0 saturated carbocycles. The first-order chi connectivity index (χ1) is 6.88. The standard InChI is InChI=1S/C10H17NO3S/c1-15(13,14)6-2-3-10(12)8-4-5-9(11)7-8/h4-5,8-9H,2-3,6-7,11H2,1H3. The Bertz CT molecular complexity index is 359. The number of hydrogen-bond donors (Lipinski definition) is 1. The minimum Gasteiger partial charge on any atom is -0.324 e. The summed E-state index contributed by atoms with van der Waals surface area (Å²) in [5.74, 6) is 0.0868. The van der Waals surface area contributed by atoms with Crippen LogP contribution in [0.2, 0.25) is 0 Å². The lowest BCUT2D eigenvalue weighted by atomic mass is 9.99. The number of allylic oxidation sites excluding steroid dienone is 1. The third kappa shape index (κ3) is 4.57. The number of carbonyl (C=O) groups is 1. The first-order valence-electron chi connectivity index (χ1n) is 5.03. The van der Waals surface area contributed by atoms with Crippen LogP contribution < -0.4 is 5.73 Å². The minimum atomic E-state index is -2.95. The van der Waals surface area contributed by atoms with Gasteiger partial charge in [0.05, 0.1) is 5.75 Å². The van der Waals surface area contributed by atoms with Crippen molar-refractivity contribution in [2.45, 2.75) is 25.3 Å². The van der Waals surface area contributed by atoms with Crippen LogP contribution in [-0.2, 0) is 14.6 Å². The zero-order valence-corrected chi connectivity index (χ0v) is 9.66. The van der Waals surface area contributed by atoms with Crippen LogP contribution in [0.25, 0.3) is 0 Å². The van der Waals surface area contributed by atoms with Gasteiger partial charge in [-0.15, -0.1) is 0 Å². The zero-order chi connectivity index (χ0) is 11.5. The predicted octanol–water partition coefficient (Wildman–Crippen LogP) is 0.284. The Balaban J connectivity index is 2.29. The molecule has 0 saturated heterocycles. The predicted molar refractivity (Wildman–Crippen MR) is 59.2 cm³/mol. The molecule has 4 nitrogen and oxygen atoms in total. The van der Waals surface area contributed by atoms with Gasteiger partial charge in [0.25, 0.3) is 0 Å². The van der Waals surface area contributed by atoms with Gasteiger partial charge in [0.1, 0.15) is 15.6 Å². The van der Waals surface area contributed by atoms with E-state index in [0.29, 0.717) is 19.3 Å². The number of hydrogen-bond acceptors (Lipinski definition) is 4. The maximum absolute atomic E-state index is 11.6. The monoisotopic (exact) mass is 231 g/mol. The average molecular weight is 231 g/mol. The van der Waals surface area contributed by atoms with Crippen molar-refractivity contribution < 1.29 is 13.2 Å². The van der Waals surface area contributed by atoms with Crippen molar-refractivity contribution in [3.8, 4) is 0 Å². The molecule has 5 heteroatoms. The third-order valence-electron chi connectivity index (χ3n) is 2.47. The number of sulfone groups is 1. The molecule has 0 aromatic heterocycles. The third-order valence-corrected chi connectivity index (χ3v) is 3.50. The van der Waals surface area contributed by atoms with Gasteiger partial charge in [-0.1, -0.05) is 12.2 Å². The smallest absolute Gasteiger partial charge is 0.147 e. The fourth-order valence-electron chi connectivity index (χ4n) is 1.66. The first kappa shape index (κ1) is 12.4. The number of nitrogens with two attached hydrogens (primary N) is 1.